The summed E-state index contributed by atoms with van der Waals surface area (Å²) in [7, 11) is 0. The lowest BCUT2D eigenvalue weighted by atomic mass is 9.98. The number of ether oxygens (including phenoxy) is 1. The van der Waals surface area contributed by atoms with Crippen LogP contribution in [-0.4, -0.2) is 17.7 Å². The molecular formula is C23H20F3NO3. The van der Waals surface area contributed by atoms with Gasteiger partial charge in [0.15, 0.2) is 18.2 Å². The molecule has 30 heavy (non-hydrogen) atoms. The number of carbonyl (C=O) groups is 1. The second-order valence-electron chi connectivity index (χ2n) is 6.67. The fourth-order valence-electron chi connectivity index (χ4n) is 3.04. The molecule has 4 nitrogen and oxygen atoms in total. The smallest absolute Gasteiger partial charge is 0.341 e. The van der Waals surface area contributed by atoms with Gasteiger partial charge < -0.3 is 15.2 Å². The number of aryl methyl sites for hydroxylation is 1. The fourth-order valence-corrected chi connectivity index (χ4v) is 3.04. The number of carboxylic acids is 1. The van der Waals surface area contributed by atoms with Gasteiger partial charge in [-0.2, -0.15) is 0 Å². The number of hydrogen-bond acceptors (Lipinski definition) is 3. The molecule has 7 heteroatoms. The normalized spacial score (nSPS) is 10.7. The van der Waals surface area contributed by atoms with Crippen LogP contribution in [0.4, 0.5) is 18.9 Å². The third kappa shape index (κ3) is 5.11. The van der Waals surface area contributed by atoms with Gasteiger partial charge in [-0.3, -0.25) is 0 Å². The van der Waals surface area contributed by atoms with E-state index in [0.717, 1.165) is 35.2 Å². The Hall–Kier alpha value is -3.48. The molecule has 0 unspecified atom stereocenters. The minimum absolute atomic E-state index is 0.104. The summed E-state index contributed by atoms with van der Waals surface area (Å²) < 4.78 is 47.2. The Bertz CT molecular complexity index is 1070. The van der Waals surface area contributed by atoms with E-state index >= 15 is 0 Å². The number of hydrogen-bond donors (Lipinski definition) is 2. The summed E-state index contributed by atoms with van der Waals surface area (Å²) in [6, 6.07) is 13.9. The maximum absolute atomic E-state index is 14.6. The van der Waals surface area contributed by atoms with E-state index in [2.05, 4.69) is 5.32 Å². The van der Waals surface area contributed by atoms with Crippen molar-refractivity contribution in [3.63, 3.8) is 0 Å². The molecule has 3 rings (SSSR count). The van der Waals surface area contributed by atoms with Crippen LogP contribution < -0.4 is 10.1 Å². The molecule has 3 aromatic rings. The van der Waals surface area contributed by atoms with Crippen molar-refractivity contribution in [1.82, 2.24) is 0 Å². The number of aliphatic carboxylic acids is 1. The minimum atomic E-state index is -1.27. The summed E-state index contributed by atoms with van der Waals surface area (Å²) >= 11 is 0. The predicted molar refractivity (Wildman–Crippen MR) is 108 cm³/mol. The van der Waals surface area contributed by atoms with Crippen LogP contribution in [0, 0.1) is 17.5 Å². The zero-order valence-electron chi connectivity index (χ0n) is 16.2. The Balaban J connectivity index is 1.86. The lowest BCUT2D eigenvalue weighted by Crippen LogP contribution is -2.12. The number of nitrogens with one attached hydrogen (secondary N) is 1. The van der Waals surface area contributed by atoms with Gasteiger partial charge in [-0.15, -0.1) is 0 Å². The molecule has 0 fully saturated rings. The van der Waals surface area contributed by atoms with Gasteiger partial charge in [-0.25, -0.2) is 18.0 Å². The summed E-state index contributed by atoms with van der Waals surface area (Å²) in [6.07, 6.45) is 0.734. The summed E-state index contributed by atoms with van der Waals surface area (Å²) in [4.78, 5) is 10.6. The van der Waals surface area contributed by atoms with Crippen molar-refractivity contribution in [3.05, 3.63) is 83.2 Å². The monoisotopic (exact) mass is 415 g/mol. The highest BCUT2D eigenvalue weighted by atomic mass is 19.1. The third-order valence-corrected chi connectivity index (χ3v) is 4.49. The number of carboxylic acid groups (broad SMARTS) is 1. The van der Waals surface area contributed by atoms with Gasteiger partial charge in [0.05, 0.1) is 0 Å². The van der Waals surface area contributed by atoms with Crippen molar-refractivity contribution >= 4 is 11.7 Å². The van der Waals surface area contributed by atoms with E-state index in [1.165, 1.54) is 12.1 Å². The average molecular weight is 415 g/mol. The first kappa shape index (κ1) is 21.2. The molecule has 0 spiro atoms. The van der Waals surface area contributed by atoms with Crippen molar-refractivity contribution in [2.75, 3.05) is 11.9 Å². The van der Waals surface area contributed by atoms with Gasteiger partial charge in [-0.1, -0.05) is 31.2 Å². The first-order chi connectivity index (χ1) is 14.4. The second-order valence-corrected chi connectivity index (χ2v) is 6.67. The molecular weight excluding hydrogens is 395 g/mol. The Morgan fingerprint density at radius 1 is 1.00 bits per heavy atom. The topological polar surface area (TPSA) is 58.6 Å². The summed E-state index contributed by atoms with van der Waals surface area (Å²) in [5, 5.41) is 11.4. The Labute approximate surface area is 171 Å². The van der Waals surface area contributed by atoms with E-state index in [1.807, 2.05) is 25.1 Å². The molecule has 0 radical (unpaired) electrons. The standard InChI is InChI=1S/C23H20F3NO3/c1-2-14-8-15(10-17(9-14)16-4-3-5-18(24)11-16)12-27-23-19(25)6-7-20(22(23)26)30-13-21(28)29/h3-11,27H,2,12-13H2,1H3,(H,28,29). The molecule has 0 aromatic heterocycles. The molecule has 2 N–H and O–H groups in total. The molecule has 156 valence electrons. The van der Waals surface area contributed by atoms with E-state index in [4.69, 9.17) is 9.84 Å². The fraction of sp³-hybridized carbons (Fsp3) is 0.174. The zero-order chi connectivity index (χ0) is 21.7. The molecule has 0 saturated carbocycles. The largest absolute Gasteiger partial charge is 0.479 e. The predicted octanol–water partition coefficient (Wildman–Crippen LogP) is 5.41. The van der Waals surface area contributed by atoms with Gasteiger partial charge in [0.25, 0.3) is 0 Å². The van der Waals surface area contributed by atoms with E-state index in [-0.39, 0.29) is 18.1 Å². The maximum Gasteiger partial charge on any atom is 0.341 e. The Kier molecular flexibility index (Phi) is 6.61. The van der Waals surface area contributed by atoms with Gasteiger partial charge in [0.2, 0.25) is 0 Å². The second kappa shape index (κ2) is 9.35. The first-order valence-electron chi connectivity index (χ1n) is 9.32. The van der Waals surface area contributed by atoms with Crippen molar-refractivity contribution in [1.29, 1.82) is 0 Å². The van der Waals surface area contributed by atoms with Crippen LogP contribution in [0.3, 0.4) is 0 Å². The summed E-state index contributed by atoms with van der Waals surface area (Å²) in [5.41, 5.74) is 2.84. The molecule has 0 heterocycles. The number of anilines is 1. The lowest BCUT2D eigenvalue weighted by molar-refractivity contribution is -0.139. The molecule has 0 aliphatic rings. The number of benzene rings is 3. The Morgan fingerprint density at radius 2 is 1.77 bits per heavy atom. The van der Waals surface area contributed by atoms with Gasteiger partial charge in [0, 0.05) is 6.54 Å². The molecule has 3 aromatic carbocycles. The molecule has 0 atom stereocenters. The quantitative estimate of drug-likeness (QED) is 0.517. The van der Waals surface area contributed by atoms with Crippen LogP contribution in [-0.2, 0) is 17.8 Å². The van der Waals surface area contributed by atoms with Crippen molar-refractivity contribution in [2.24, 2.45) is 0 Å². The highest BCUT2D eigenvalue weighted by molar-refractivity contribution is 5.68. The highest BCUT2D eigenvalue weighted by Crippen LogP contribution is 2.29. The molecule has 0 aliphatic carbocycles. The summed E-state index contributed by atoms with van der Waals surface area (Å²) in [5.74, 6) is -3.81. The van der Waals surface area contributed by atoms with Crippen LogP contribution >= 0.6 is 0 Å². The first-order valence-corrected chi connectivity index (χ1v) is 9.32. The summed E-state index contributed by atoms with van der Waals surface area (Å²) in [6.45, 7) is 1.34. The van der Waals surface area contributed by atoms with E-state index in [0.29, 0.717) is 5.56 Å². The Morgan fingerprint density at radius 3 is 2.47 bits per heavy atom. The maximum atomic E-state index is 14.6. The SMILES string of the molecule is CCc1cc(CNc2c(F)ccc(OCC(=O)O)c2F)cc(-c2cccc(F)c2)c1. The van der Waals surface area contributed by atoms with Crippen molar-refractivity contribution < 1.29 is 27.8 Å². The van der Waals surface area contributed by atoms with Gasteiger partial charge in [0.1, 0.15) is 17.3 Å². The van der Waals surface area contributed by atoms with Crippen LogP contribution in [0.5, 0.6) is 5.75 Å². The van der Waals surface area contributed by atoms with Crippen molar-refractivity contribution in [3.8, 4) is 16.9 Å². The molecule has 0 bridgehead atoms. The minimum Gasteiger partial charge on any atom is -0.479 e. The lowest BCUT2D eigenvalue weighted by Gasteiger charge is -2.14. The number of rotatable bonds is 8. The number of halogens is 3. The van der Waals surface area contributed by atoms with Crippen molar-refractivity contribution in [2.45, 2.75) is 19.9 Å². The van der Waals surface area contributed by atoms with Crippen LogP contribution in [0.25, 0.3) is 11.1 Å². The van der Waals surface area contributed by atoms with E-state index < -0.39 is 29.9 Å². The molecule has 0 amide bonds. The average Bonchev–Trinajstić information content (AvgIpc) is 2.72. The van der Waals surface area contributed by atoms with Crippen LogP contribution in [0.15, 0.2) is 54.6 Å². The van der Waals surface area contributed by atoms with Gasteiger partial charge in [-0.05, 0) is 59.0 Å². The highest BCUT2D eigenvalue weighted by Gasteiger charge is 2.16. The zero-order valence-corrected chi connectivity index (χ0v) is 16.2. The molecule has 0 aliphatic heterocycles. The van der Waals surface area contributed by atoms with E-state index in [9.17, 15) is 18.0 Å². The van der Waals surface area contributed by atoms with Gasteiger partial charge >= 0.3 is 5.97 Å². The van der Waals surface area contributed by atoms with Crippen LogP contribution in [0.2, 0.25) is 0 Å². The third-order valence-electron chi connectivity index (χ3n) is 4.49. The molecule has 0 saturated heterocycles. The van der Waals surface area contributed by atoms with E-state index in [1.54, 1.807) is 12.1 Å². The van der Waals surface area contributed by atoms with Crippen LogP contribution in [0.1, 0.15) is 18.1 Å².